The van der Waals surface area contributed by atoms with E-state index in [-0.39, 0.29) is 29.3 Å². The molecule has 6 atom stereocenters. The predicted octanol–water partition coefficient (Wildman–Crippen LogP) is 14.3. The van der Waals surface area contributed by atoms with Gasteiger partial charge in [-0.2, -0.15) is 20.4 Å². The third kappa shape index (κ3) is 20.7. The van der Waals surface area contributed by atoms with Gasteiger partial charge in [0, 0.05) is 71.7 Å². The van der Waals surface area contributed by atoms with Crippen LogP contribution in [-0.2, 0) is 0 Å². The first-order chi connectivity index (χ1) is 54.5. The van der Waals surface area contributed by atoms with Gasteiger partial charge in [-0.25, -0.2) is 76.2 Å². The van der Waals surface area contributed by atoms with Gasteiger partial charge >= 0.3 is 0 Å². The number of aromatic nitrogens is 16. The molecule has 0 saturated heterocycles. The Labute approximate surface area is 650 Å². The van der Waals surface area contributed by atoms with Gasteiger partial charge in [-0.15, -0.1) is 0 Å². The quantitative estimate of drug-likeness (QED) is 0.0552. The second-order valence-corrected chi connectivity index (χ2v) is 29.9. The van der Waals surface area contributed by atoms with Crippen LogP contribution in [0, 0.1) is 52.9 Å². The summed E-state index contributed by atoms with van der Waals surface area (Å²) in [7, 11) is 12.8. The van der Waals surface area contributed by atoms with Gasteiger partial charge in [0.25, 0.3) is 0 Å². The largest absolute Gasteiger partial charge is 0.489 e. The Morgan fingerprint density at radius 3 is 0.964 bits per heavy atom. The highest BCUT2D eigenvalue weighted by atomic mass is 19.1. The van der Waals surface area contributed by atoms with Crippen molar-refractivity contribution < 1.29 is 36.5 Å². The van der Waals surface area contributed by atoms with Crippen molar-refractivity contribution in [2.24, 2.45) is 35.3 Å². The fourth-order valence-electron chi connectivity index (χ4n) is 15.0. The van der Waals surface area contributed by atoms with E-state index in [2.05, 4.69) is 117 Å². The molecule has 4 aliphatic rings. The van der Waals surface area contributed by atoms with Crippen molar-refractivity contribution in [3.8, 4) is 90.8 Å². The van der Waals surface area contributed by atoms with Gasteiger partial charge in [0.15, 0.2) is 23.0 Å². The van der Waals surface area contributed by atoms with Crippen molar-refractivity contribution in [2.45, 2.75) is 102 Å². The summed E-state index contributed by atoms with van der Waals surface area (Å²) in [4.78, 5) is 40.7. The van der Waals surface area contributed by atoms with E-state index in [4.69, 9.17) is 24.7 Å². The van der Waals surface area contributed by atoms with Crippen molar-refractivity contribution >= 4 is 0 Å². The standard InChI is InChI=1S/2C22H26FN5O.C21H24FN5O.C19H20FN5O/c1-27(2)18-9-7-16(8-10-18)14-29-21-12-24-15-25-22(21)17-11-26-28(13-17)20-6-4-3-5-19(20)23;1-27(2)12-16-7-8-17(9-16)14-29-21-11-24-15-25-22(21)18-10-26-28(13-18)20-6-4-3-5-19(20)23;1-26(2)17-8-7-15(9-17)13-28-20-11-23-14-24-21(20)16-10-25-27(12-16)19-6-4-3-5-18(19)22;20-16-3-1-2-4-17(16)25-10-14(8-24-25)19-18(9-22-12-23-19)26-11-13-5-6-15(21)7-13/h3-6,11-13,15-16,18H,7-10,14H2,1-2H3;3-6,10-11,13,15-17H,7-9,12,14H2,1-2H3;3-6,10-12,14-15,17H,7-9,13H2,1-2H3;1-4,8-10,12-13,15H,5-7,11,21H2/t;16-,17+;15-,17+;13-,15+/m.100/s1. The van der Waals surface area contributed by atoms with E-state index in [9.17, 15) is 17.6 Å². The minimum absolute atomic E-state index is 0.272. The number of para-hydroxylation sites is 4. The van der Waals surface area contributed by atoms with Crippen LogP contribution in [0.15, 0.2) is 197 Å². The highest BCUT2D eigenvalue weighted by molar-refractivity contribution is 5.67. The molecule has 8 heterocycles. The normalized spacial score (nSPS) is 19.3. The maximum Gasteiger partial charge on any atom is 0.163 e. The molecular formula is C84H96F4N20O4. The Bertz CT molecular complexity index is 4840. The van der Waals surface area contributed by atoms with Crippen LogP contribution in [0.3, 0.4) is 0 Å². The lowest BCUT2D eigenvalue weighted by atomic mass is 9.86. The number of hydrogen-bond acceptors (Lipinski definition) is 20. The molecule has 0 unspecified atom stereocenters. The molecule has 8 aromatic heterocycles. The Morgan fingerprint density at radius 1 is 0.348 bits per heavy atom. The zero-order chi connectivity index (χ0) is 77.9. The Morgan fingerprint density at radius 2 is 0.643 bits per heavy atom. The fourth-order valence-corrected chi connectivity index (χ4v) is 15.0. The molecule has 112 heavy (non-hydrogen) atoms. The van der Waals surface area contributed by atoms with E-state index >= 15 is 0 Å². The molecule has 24 nitrogen and oxygen atoms in total. The van der Waals surface area contributed by atoms with Crippen LogP contribution in [0.4, 0.5) is 17.6 Å². The third-order valence-corrected chi connectivity index (χ3v) is 21.1. The van der Waals surface area contributed by atoms with Crippen LogP contribution in [0.1, 0.15) is 83.5 Å². The molecule has 0 bridgehead atoms. The third-order valence-electron chi connectivity index (χ3n) is 21.1. The summed E-state index contributed by atoms with van der Waals surface area (Å²) in [5.41, 5.74) is 13.2. The zero-order valence-corrected chi connectivity index (χ0v) is 64.0. The highest BCUT2D eigenvalue weighted by Crippen LogP contribution is 2.37. The van der Waals surface area contributed by atoms with Gasteiger partial charge in [0.1, 0.15) is 94.1 Å². The van der Waals surface area contributed by atoms with Crippen molar-refractivity contribution in [3.63, 3.8) is 0 Å². The number of nitrogens with zero attached hydrogens (tertiary/aromatic N) is 19. The molecule has 0 spiro atoms. The number of halogens is 4. The predicted molar refractivity (Wildman–Crippen MR) is 419 cm³/mol. The molecule has 12 aromatic rings. The van der Waals surface area contributed by atoms with Gasteiger partial charge in [-0.3, -0.25) is 0 Å². The van der Waals surface area contributed by atoms with E-state index in [1.54, 1.807) is 147 Å². The maximum absolute atomic E-state index is 14.1. The first-order valence-corrected chi connectivity index (χ1v) is 38.2. The van der Waals surface area contributed by atoms with Crippen LogP contribution in [0.2, 0.25) is 0 Å². The molecule has 584 valence electrons. The van der Waals surface area contributed by atoms with Crippen LogP contribution >= 0.6 is 0 Å². The van der Waals surface area contributed by atoms with E-state index in [1.807, 2.05) is 0 Å². The van der Waals surface area contributed by atoms with Gasteiger partial charge in [0.2, 0.25) is 0 Å². The zero-order valence-electron chi connectivity index (χ0n) is 64.0. The van der Waals surface area contributed by atoms with E-state index in [0.717, 1.165) is 79.7 Å². The fraction of sp³-hybridized carbons (Fsp3) is 0.381. The topological polar surface area (TPSA) is 247 Å². The van der Waals surface area contributed by atoms with E-state index in [0.29, 0.717) is 131 Å². The number of nitrogens with two attached hydrogens (primary N) is 1. The summed E-state index contributed by atoms with van der Waals surface area (Å²) >= 11 is 0. The number of hydrogen-bond donors (Lipinski definition) is 1. The van der Waals surface area contributed by atoms with E-state index in [1.165, 1.54) is 107 Å². The minimum Gasteiger partial charge on any atom is -0.489 e. The number of rotatable bonds is 24. The molecule has 4 saturated carbocycles. The summed E-state index contributed by atoms with van der Waals surface area (Å²) in [5.74, 6) is 4.01. The molecule has 16 rings (SSSR count). The lowest BCUT2D eigenvalue weighted by Gasteiger charge is -2.32. The van der Waals surface area contributed by atoms with Crippen LogP contribution < -0.4 is 24.7 Å². The molecule has 2 N–H and O–H groups in total. The van der Waals surface area contributed by atoms with Crippen molar-refractivity contribution in [2.75, 3.05) is 75.3 Å². The smallest absolute Gasteiger partial charge is 0.163 e. The molecule has 4 aromatic carbocycles. The summed E-state index contributed by atoms with van der Waals surface area (Å²) in [6.45, 7) is 3.68. The highest BCUT2D eigenvalue weighted by Gasteiger charge is 2.30. The van der Waals surface area contributed by atoms with Crippen LogP contribution in [0.25, 0.3) is 67.8 Å². The van der Waals surface area contributed by atoms with Gasteiger partial charge < -0.3 is 39.4 Å². The Hall–Kier alpha value is -11.2. The second kappa shape index (κ2) is 38.1. The summed E-state index contributed by atoms with van der Waals surface area (Å²) in [5, 5.41) is 17.1. The lowest BCUT2D eigenvalue weighted by molar-refractivity contribution is 0.151. The molecule has 0 radical (unpaired) electrons. The lowest BCUT2D eigenvalue weighted by Crippen LogP contribution is -2.33. The first-order valence-electron chi connectivity index (χ1n) is 38.2. The summed E-state index contributed by atoms with van der Waals surface area (Å²) in [6.07, 6.45) is 41.3. The molecule has 4 fully saturated rings. The summed E-state index contributed by atoms with van der Waals surface area (Å²) in [6, 6.07) is 27.7. The summed E-state index contributed by atoms with van der Waals surface area (Å²) < 4.78 is 86.4. The average Bonchev–Trinajstić information content (AvgIpc) is 1.67. The van der Waals surface area contributed by atoms with Gasteiger partial charge in [-0.1, -0.05) is 48.5 Å². The molecule has 4 aliphatic carbocycles. The molecule has 0 aliphatic heterocycles. The van der Waals surface area contributed by atoms with Crippen molar-refractivity contribution in [1.29, 1.82) is 0 Å². The molecular weight excluding hydrogens is 1430 g/mol. The molecule has 28 heteroatoms. The second-order valence-electron chi connectivity index (χ2n) is 29.9. The molecule has 0 amide bonds. The Kier molecular flexibility index (Phi) is 26.9. The minimum atomic E-state index is -0.334. The number of ether oxygens (including phenoxy) is 4. The SMILES string of the molecule is CN(C)C1CCC(COc2cncnc2-c2cnn(-c3ccccc3F)c2)CC1.CN(C)C[C@@H]1CC[C@H](COc2cncnc2-c2cnn(-c3ccccc3F)c2)C1.CN(C)[C@@H]1CC[C@H](COc2cncnc2-c2cnn(-c3ccccc3F)c2)C1.N[C@@H]1CC[C@H](COc2cncnc2-c2cnn(-c3ccccc3F)c2)C1. The first kappa shape index (κ1) is 78.9. The van der Waals surface area contributed by atoms with E-state index < -0.39 is 0 Å². The van der Waals surface area contributed by atoms with Crippen LogP contribution in [-0.4, -0.2) is 187 Å². The average molecular weight is 1530 g/mol. The van der Waals surface area contributed by atoms with Crippen molar-refractivity contribution in [1.82, 2.24) is 93.7 Å². The monoisotopic (exact) mass is 1520 g/mol. The van der Waals surface area contributed by atoms with Gasteiger partial charge in [0.05, 0.1) is 76.0 Å². The maximum atomic E-state index is 14.1. The van der Waals surface area contributed by atoms with Crippen molar-refractivity contribution in [3.05, 3.63) is 220 Å². The number of benzene rings is 4. The van der Waals surface area contributed by atoms with Crippen LogP contribution in [0.5, 0.6) is 23.0 Å². The van der Waals surface area contributed by atoms with Gasteiger partial charge in [-0.05, 0) is 204 Å². The Balaban J connectivity index is 0.000000131.